The van der Waals surface area contributed by atoms with Crippen LogP contribution in [0.4, 0.5) is 5.82 Å². The molecule has 1 aromatic rings. The standard InChI is InChI=1S/C12H17N3/c1-2-10(3-1)11-6-12(15-8-14-11)13-7-9-4-5-9/h6,8-10H,1-5,7H2,(H,13,14,15). The summed E-state index contributed by atoms with van der Waals surface area (Å²) in [5.74, 6) is 2.61. The van der Waals surface area contributed by atoms with Gasteiger partial charge < -0.3 is 5.32 Å². The minimum absolute atomic E-state index is 0.703. The molecule has 2 aliphatic rings. The molecule has 0 spiro atoms. The van der Waals surface area contributed by atoms with Crippen molar-refractivity contribution in [2.75, 3.05) is 11.9 Å². The lowest BCUT2D eigenvalue weighted by molar-refractivity contribution is 0.410. The third-order valence-corrected chi connectivity index (χ3v) is 3.48. The number of aromatic nitrogens is 2. The number of hydrogen-bond acceptors (Lipinski definition) is 3. The quantitative estimate of drug-likeness (QED) is 0.817. The largest absolute Gasteiger partial charge is 0.370 e. The van der Waals surface area contributed by atoms with Gasteiger partial charge in [0.05, 0.1) is 0 Å². The molecular formula is C12H17N3. The van der Waals surface area contributed by atoms with Crippen LogP contribution in [-0.2, 0) is 0 Å². The minimum atomic E-state index is 0.703. The molecule has 80 valence electrons. The topological polar surface area (TPSA) is 37.8 Å². The Morgan fingerprint density at radius 1 is 1.20 bits per heavy atom. The van der Waals surface area contributed by atoms with Crippen LogP contribution >= 0.6 is 0 Å². The molecule has 3 rings (SSSR count). The molecule has 0 atom stereocenters. The fourth-order valence-corrected chi connectivity index (χ4v) is 1.97. The Bertz CT molecular complexity index is 342. The van der Waals surface area contributed by atoms with Crippen molar-refractivity contribution in [2.24, 2.45) is 5.92 Å². The maximum atomic E-state index is 4.35. The van der Waals surface area contributed by atoms with Crippen molar-refractivity contribution in [2.45, 2.75) is 38.0 Å². The molecule has 3 heteroatoms. The van der Waals surface area contributed by atoms with Crippen LogP contribution in [0.2, 0.25) is 0 Å². The van der Waals surface area contributed by atoms with E-state index in [0.717, 1.165) is 18.3 Å². The van der Waals surface area contributed by atoms with Crippen molar-refractivity contribution in [1.82, 2.24) is 9.97 Å². The van der Waals surface area contributed by atoms with Crippen LogP contribution in [0.1, 0.15) is 43.7 Å². The molecule has 0 amide bonds. The molecule has 0 aliphatic heterocycles. The van der Waals surface area contributed by atoms with Crippen LogP contribution in [0.5, 0.6) is 0 Å². The lowest BCUT2D eigenvalue weighted by Gasteiger charge is -2.24. The second kappa shape index (κ2) is 3.80. The van der Waals surface area contributed by atoms with Crippen LogP contribution in [0.25, 0.3) is 0 Å². The maximum absolute atomic E-state index is 4.35. The normalized spacial score (nSPS) is 21.1. The second-order valence-electron chi connectivity index (χ2n) is 4.78. The molecule has 2 aliphatic carbocycles. The van der Waals surface area contributed by atoms with Gasteiger partial charge >= 0.3 is 0 Å². The number of nitrogens with one attached hydrogen (secondary N) is 1. The van der Waals surface area contributed by atoms with Gasteiger partial charge in [-0.1, -0.05) is 6.42 Å². The lowest BCUT2D eigenvalue weighted by atomic mass is 9.83. The van der Waals surface area contributed by atoms with Crippen molar-refractivity contribution >= 4 is 5.82 Å². The van der Waals surface area contributed by atoms with Gasteiger partial charge in [-0.3, -0.25) is 0 Å². The summed E-state index contributed by atoms with van der Waals surface area (Å²) < 4.78 is 0. The van der Waals surface area contributed by atoms with Gasteiger partial charge in [-0.15, -0.1) is 0 Å². The molecule has 15 heavy (non-hydrogen) atoms. The number of hydrogen-bond donors (Lipinski definition) is 1. The van der Waals surface area contributed by atoms with Gasteiger partial charge in [-0.05, 0) is 31.6 Å². The van der Waals surface area contributed by atoms with E-state index >= 15 is 0 Å². The first kappa shape index (κ1) is 9.13. The molecule has 3 nitrogen and oxygen atoms in total. The Balaban J connectivity index is 1.65. The van der Waals surface area contributed by atoms with Crippen LogP contribution in [0.15, 0.2) is 12.4 Å². The van der Waals surface area contributed by atoms with Gasteiger partial charge in [0.15, 0.2) is 0 Å². The summed E-state index contributed by atoms with van der Waals surface area (Å²) in [5.41, 5.74) is 1.23. The maximum Gasteiger partial charge on any atom is 0.129 e. The monoisotopic (exact) mass is 203 g/mol. The summed E-state index contributed by atoms with van der Waals surface area (Å²) >= 11 is 0. The fourth-order valence-electron chi connectivity index (χ4n) is 1.97. The highest BCUT2D eigenvalue weighted by molar-refractivity contribution is 5.36. The van der Waals surface area contributed by atoms with Gasteiger partial charge in [0.1, 0.15) is 12.1 Å². The Morgan fingerprint density at radius 2 is 2.07 bits per heavy atom. The third-order valence-electron chi connectivity index (χ3n) is 3.48. The Morgan fingerprint density at radius 3 is 2.73 bits per heavy atom. The van der Waals surface area contributed by atoms with Crippen molar-refractivity contribution < 1.29 is 0 Å². The average molecular weight is 203 g/mol. The molecule has 0 unspecified atom stereocenters. The van der Waals surface area contributed by atoms with Crippen LogP contribution < -0.4 is 5.32 Å². The number of anilines is 1. The zero-order chi connectivity index (χ0) is 10.1. The van der Waals surface area contributed by atoms with Gasteiger partial charge in [-0.2, -0.15) is 0 Å². The van der Waals surface area contributed by atoms with E-state index in [2.05, 4.69) is 21.4 Å². The molecule has 0 bridgehead atoms. The van der Waals surface area contributed by atoms with Crippen LogP contribution in [0.3, 0.4) is 0 Å². The predicted octanol–water partition coefficient (Wildman–Crippen LogP) is 2.57. The Labute approximate surface area is 90.3 Å². The van der Waals surface area contributed by atoms with E-state index in [1.54, 1.807) is 6.33 Å². The van der Waals surface area contributed by atoms with E-state index in [0.29, 0.717) is 5.92 Å². The lowest BCUT2D eigenvalue weighted by Crippen LogP contribution is -2.12. The fraction of sp³-hybridized carbons (Fsp3) is 0.667. The van der Waals surface area contributed by atoms with E-state index in [1.165, 1.54) is 37.8 Å². The molecule has 1 aromatic heterocycles. The first-order valence-corrected chi connectivity index (χ1v) is 5.97. The van der Waals surface area contributed by atoms with E-state index in [4.69, 9.17) is 0 Å². The van der Waals surface area contributed by atoms with E-state index < -0.39 is 0 Å². The van der Waals surface area contributed by atoms with Crippen molar-refractivity contribution in [3.63, 3.8) is 0 Å². The smallest absolute Gasteiger partial charge is 0.129 e. The SMILES string of the molecule is c1nc(NCC2CC2)cc(C2CCC2)n1. The van der Waals surface area contributed by atoms with Crippen LogP contribution in [0, 0.1) is 5.92 Å². The highest BCUT2D eigenvalue weighted by Gasteiger charge is 2.22. The third kappa shape index (κ3) is 2.11. The van der Waals surface area contributed by atoms with Crippen molar-refractivity contribution in [3.8, 4) is 0 Å². The van der Waals surface area contributed by atoms with Gasteiger partial charge in [0.25, 0.3) is 0 Å². The highest BCUT2D eigenvalue weighted by atomic mass is 15.0. The zero-order valence-electron chi connectivity index (χ0n) is 8.95. The van der Waals surface area contributed by atoms with Crippen LogP contribution in [-0.4, -0.2) is 16.5 Å². The minimum Gasteiger partial charge on any atom is -0.370 e. The molecule has 2 saturated carbocycles. The summed E-state index contributed by atoms with van der Waals surface area (Å²) in [4.78, 5) is 8.61. The summed E-state index contributed by atoms with van der Waals surface area (Å²) in [6.45, 7) is 1.08. The second-order valence-corrected chi connectivity index (χ2v) is 4.78. The average Bonchev–Trinajstić information content (AvgIpc) is 2.96. The van der Waals surface area contributed by atoms with E-state index in [9.17, 15) is 0 Å². The predicted molar refractivity (Wildman–Crippen MR) is 59.8 cm³/mol. The van der Waals surface area contributed by atoms with E-state index in [-0.39, 0.29) is 0 Å². The molecule has 0 radical (unpaired) electrons. The highest BCUT2D eigenvalue weighted by Crippen LogP contribution is 2.35. The zero-order valence-corrected chi connectivity index (χ0v) is 8.95. The molecule has 1 heterocycles. The summed E-state index contributed by atoms with van der Waals surface area (Å²) in [6, 6.07) is 2.13. The van der Waals surface area contributed by atoms with Crippen molar-refractivity contribution in [1.29, 1.82) is 0 Å². The molecule has 0 saturated heterocycles. The number of rotatable bonds is 4. The summed E-state index contributed by atoms with van der Waals surface area (Å²) in [7, 11) is 0. The Kier molecular flexibility index (Phi) is 2.31. The van der Waals surface area contributed by atoms with Crippen molar-refractivity contribution in [3.05, 3.63) is 18.1 Å². The first-order valence-electron chi connectivity index (χ1n) is 5.97. The molecular weight excluding hydrogens is 186 g/mol. The van der Waals surface area contributed by atoms with Gasteiger partial charge in [0, 0.05) is 24.2 Å². The summed E-state index contributed by atoms with van der Waals surface area (Å²) in [6.07, 6.45) is 8.43. The molecule has 0 aromatic carbocycles. The van der Waals surface area contributed by atoms with E-state index in [1.807, 2.05) is 0 Å². The molecule has 2 fully saturated rings. The number of nitrogens with zero attached hydrogens (tertiary/aromatic N) is 2. The van der Waals surface area contributed by atoms with Gasteiger partial charge in [-0.25, -0.2) is 9.97 Å². The first-order chi connectivity index (χ1) is 7.42. The van der Waals surface area contributed by atoms with Gasteiger partial charge in [0.2, 0.25) is 0 Å². The molecule has 1 N–H and O–H groups in total. The Hall–Kier alpha value is -1.12. The summed E-state index contributed by atoms with van der Waals surface area (Å²) in [5, 5.41) is 3.40.